The van der Waals surface area contributed by atoms with E-state index in [-0.39, 0.29) is 0 Å². The number of aryl methyl sites for hydroxylation is 1. The number of fused-ring (bicyclic) bond motifs is 2. The van der Waals surface area contributed by atoms with Gasteiger partial charge in [-0.25, -0.2) is 9.78 Å². The third-order valence-corrected chi connectivity index (χ3v) is 7.16. The highest BCUT2D eigenvalue weighted by molar-refractivity contribution is 7.21. The largest absolute Gasteiger partial charge is 0.497 e. The molecule has 6 nitrogen and oxygen atoms in total. The van der Waals surface area contributed by atoms with Crippen LogP contribution in [0.4, 0.5) is 5.69 Å². The fourth-order valence-electron chi connectivity index (χ4n) is 4.30. The molecule has 5 rings (SSSR count). The second kappa shape index (κ2) is 8.50. The highest BCUT2D eigenvalue weighted by atomic mass is 32.1. The number of nitrogen functional groups attached to an aromatic ring is 1. The van der Waals surface area contributed by atoms with Gasteiger partial charge < -0.3 is 20.1 Å². The average molecular weight is 460 g/mol. The number of nitrogens with zero attached hydrogens (tertiary/aromatic N) is 2. The van der Waals surface area contributed by atoms with E-state index < -0.39 is 5.97 Å². The molecule has 7 heteroatoms. The van der Waals surface area contributed by atoms with Crippen LogP contribution in [-0.2, 0) is 13.0 Å². The molecule has 3 heterocycles. The number of anilines is 1. The van der Waals surface area contributed by atoms with Gasteiger partial charge in [-0.1, -0.05) is 30.3 Å². The summed E-state index contributed by atoms with van der Waals surface area (Å²) >= 11 is 1.30. The minimum absolute atomic E-state index is 0.381. The number of aromatic nitrogens is 1. The number of methoxy groups -OCH3 is 1. The van der Waals surface area contributed by atoms with E-state index in [1.807, 2.05) is 49.4 Å². The Labute approximate surface area is 196 Å². The molecule has 168 valence electrons. The molecular weight excluding hydrogens is 434 g/mol. The minimum atomic E-state index is -0.458. The van der Waals surface area contributed by atoms with Crippen LogP contribution in [0.5, 0.6) is 11.5 Å². The van der Waals surface area contributed by atoms with Gasteiger partial charge in [-0.15, -0.1) is 11.3 Å². The Bertz CT molecular complexity index is 1360. The summed E-state index contributed by atoms with van der Waals surface area (Å²) in [5.41, 5.74) is 12.2. The molecule has 0 fully saturated rings. The maximum atomic E-state index is 13.1. The van der Waals surface area contributed by atoms with E-state index in [4.69, 9.17) is 20.2 Å². The van der Waals surface area contributed by atoms with Crippen molar-refractivity contribution in [2.45, 2.75) is 19.9 Å². The summed E-state index contributed by atoms with van der Waals surface area (Å²) in [6.07, 6.45) is 0.853. The molecule has 0 atom stereocenters. The SMILES string of the molecule is COc1ccc(-c2c3c(nc4sc(C(=O)Oc5ccccc5C)c(N)c24)CCN(C)C3)cc1. The van der Waals surface area contributed by atoms with Gasteiger partial charge in [0.2, 0.25) is 0 Å². The number of carbonyl (C=O) groups excluding carboxylic acids is 1. The lowest BCUT2D eigenvalue weighted by molar-refractivity contribution is 0.0739. The van der Waals surface area contributed by atoms with E-state index in [0.29, 0.717) is 16.3 Å². The quantitative estimate of drug-likeness (QED) is 0.339. The van der Waals surface area contributed by atoms with Crippen molar-refractivity contribution in [2.75, 3.05) is 26.4 Å². The summed E-state index contributed by atoms with van der Waals surface area (Å²) in [5, 5.41) is 0.816. The summed E-state index contributed by atoms with van der Waals surface area (Å²) in [5.74, 6) is 0.861. The second-order valence-electron chi connectivity index (χ2n) is 8.31. The van der Waals surface area contributed by atoms with Crippen LogP contribution in [0.3, 0.4) is 0 Å². The van der Waals surface area contributed by atoms with Crippen LogP contribution >= 0.6 is 11.3 Å². The van der Waals surface area contributed by atoms with Crippen LogP contribution in [0.2, 0.25) is 0 Å². The molecule has 4 aromatic rings. The van der Waals surface area contributed by atoms with Gasteiger partial charge in [0.1, 0.15) is 21.2 Å². The molecule has 1 aliphatic heterocycles. The van der Waals surface area contributed by atoms with E-state index in [1.54, 1.807) is 13.2 Å². The smallest absolute Gasteiger partial charge is 0.355 e. The zero-order valence-electron chi connectivity index (χ0n) is 18.8. The first-order valence-electron chi connectivity index (χ1n) is 10.8. The molecule has 2 N–H and O–H groups in total. The normalized spacial score (nSPS) is 13.7. The molecule has 0 unspecified atom stereocenters. The Morgan fingerprint density at radius 1 is 1.15 bits per heavy atom. The van der Waals surface area contributed by atoms with Crippen LogP contribution in [0.1, 0.15) is 26.5 Å². The van der Waals surface area contributed by atoms with Crippen molar-refractivity contribution >= 4 is 33.2 Å². The molecule has 2 aromatic heterocycles. The number of likely N-dealkylation sites (N-methyl/N-ethyl adjacent to an activating group) is 1. The lowest BCUT2D eigenvalue weighted by Gasteiger charge is -2.27. The number of ether oxygens (including phenoxy) is 2. The topological polar surface area (TPSA) is 77.7 Å². The second-order valence-corrected chi connectivity index (χ2v) is 9.31. The van der Waals surface area contributed by atoms with E-state index in [1.165, 1.54) is 11.3 Å². The summed E-state index contributed by atoms with van der Waals surface area (Å²) in [6.45, 7) is 3.62. The first-order valence-corrected chi connectivity index (χ1v) is 11.6. The van der Waals surface area contributed by atoms with Gasteiger partial charge in [0.25, 0.3) is 0 Å². The van der Waals surface area contributed by atoms with Gasteiger partial charge in [0.15, 0.2) is 0 Å². The summed E-state index contributed by atoms with van der Waals surface area (Å²) in [4.78, 5) is 21.5. The van der Waals surface area contributed by atoms with E-state index >= 15 is 0 Å². The fraction of sp³-hybridized carbons (Fsp3) is 0.231. The molecular formula is C26H25N3O3S. The number of carbonyl (C=O) groups is 1. The first kappa shape index (κ1) is 21.4. The maximum absolute atomic E-state index is 13.1. The van der Waals surface area contributed by atoms with Gasteiger partial charge in [-0.05, 0) is 48.9 Å². The molecule has 0 amide bonds. The van der Waals surface area contributed by atoms with Crippen LogP contribution in [0.25, 0.3) is 21.3 Å². The summed E-state index contributed by atoms with van der Waals surface area (Å²) < 4.78 is 11.0. The number of nitrogens with two attached hydrogens (primary N) is 1. The first-order chi connectivity index (χ1) is 16.0. The van der Waals surface area contributed by atoms with E-state index in [2.05, 4.69) is 11.9 Å². The lowest BCUT2D eigenvalue weighted by atomic mass is 9.92. The molecule has 0 radical (unpaired) electrons. The van der Waals surface area contributed by atoms with Crippen molar-refractivity contribution in [3.05, 3.63) is 70.2 Å². The van der Waals surface area contributed by atoms with E-state index in [9.17, 15) is 4.79 Å². The molecule has 1 aliphatic rings. The van der Waals surface area contributed by atoms with Gasteiger partial charge >= 0.3 is 5.97 Å². The fourth-order valence-corrected chi connectivity index (χ4v) is 5.31. The zero-order chi connectivity index (χ0) is 23.1. The number of hydrogen-bond donors (Lipinski definition) is 1. The standard InChI is InChI=1S/C26H25N3O3S/c1-15-6-4-5-7-20(15)32-26(30)24-23(27)22-21(16-8-10-17(31-3)11-9-16)18-14-29(2)13-12-19(18)28-25(22)33-24/h4-11H,12-14,27H2,1-3H3. The molecule has 0 bridgehead atoms. The molecule has 0 saturated carbocycles. The predicted molar refractivity (Wildman–Crippen MR) is 132 cm³/mol. The maximum Gasteiger partial charge on any atom is 0.355 e. The Balaban J connectivity index is 1.68. The van der Waals surface area contributed by atoms with Crippen molar-refractivity contribution in [1.82, 2.24) is 9.88 Å². The van der Waals surface area contributed by atoms with Crippen LogP contribution < -0.4 is 15.2 Å². The zero-order valence-corrected chi connectivity index (χ0v) is 19.7. The number of pyridine rings is 1. The number of esters is 1. The van der Waals surface area contributed by atoms with Gasteiger partial charge in [0.05, 0.1) is 12.8 Å². The van der Waals surface area contributed by atoms with Gasteiger partial charge in [-0.3, -0.25) is 0 Å². The number of rotatable bonds is 4. The van der Waals surface area contributed by atoms with Crippen molar-refractivity contribution in [1.29, 1.82) is 0 Å². The number of para-hydroxylation sites is 1. The summed E-state index contributed by atoms with van der Waals surface area (Å²) in [6, 6.07) is 15.4. The molecule has 0 spiro atoms. The van der Waals surface area contributed by atoms with Crippen LogP contribution in [-0.4, -0.2) is 36.6 Å². The highest BCUT2D eigenvalue weighted by Gasteiger charge is 2.27. The highest BCUT2D eigenvalue weighted by Crippen LogP contribution is 2.44. The molecule has 2 aromatic carbocycles. The summed E-state index contributed by atoms with van der Waals surface area (Å²) in [7, 11) is 3.76. The molecule has 0 aliphatic carbocycles. The van der Waals surface area contributed by atoms with Gasteiger partial charge in [0, 0.05) is 36.2 Å². The van der Waals surface area contributed by atoms with Crippen LogP contribution in [0, 0.1) is 6.92 Å². The van der Waals surface area contributed by atoms with Crippen molar-refractivity contribution < 1.29 is 14.3 Å². The lowest BCUT2D eigenvalue weighted by Crippen LogP contribution is -2.27. The Morgan fingerprint density at radius 3 is 2.64 bits per heavy atom. The van der Waals surface area contributed by atoms with Crippen LogP contribution in [0.15, 0.2) is 48.5 Å². The number of hydrogen-bond acceptors (Lipinski definition) is 7. The Morgan fingerprint density at radius 2 is 1.91 bits per heavy atom. The molecule has 33 heavy (non-hydrogen) atoms. The third kappa shape index (κ3) is 3.83. The monoisotopic (exact) mass is 459 g/mol. The van der Waals surface area contributed by atoms with Crippen molar-refractivity contribution in [2.24, 2.45) is 0 Å². The minimum Gasteiger partial charge on any atom is -0.497 e. The average Bonchev–Trinajstić information content (AvgIpc) is 3.15. The van der Waals surface area contributed by atoms with Crippen molar-refractivity contribution in [3.8, 4) is 22.6 Å². The Hall–Kier alpha value is -3.42. The van der Waals surface area contributed by atoms with E-state index in [0.717, 1.165) is 63.4 Å². The predicted octanol–water partition coefficient (Wildman–Crippen LogP) is 5.07. The number of thiophene rings is 1. The molecule has 0 saturated heterocycles. The Kier molecular flexibility index (Phi) is 5.52. The third-order valence-electron chi connectivity index (χ3n) is 6.08. The number of benzene rings is 2. The van der Waals surface area contributed by atoms with Gasteiger partial charge in [-0.2, -0.15) is 0 Å². The van der Waals surface area contributed by atoms with Crippen molar-refractivity contribution in [3.63, 3.8) is 0 Å².